The van der Waals surface area contributed by atoms with Gasteiger partial charge in [0, 0.05) is 18.3 Å². The lowest BCUT2D eigenvalue weighted by Gasteiger charge is -2.13. The summed E-state index contributed by atoms with van der Waals surface area (Å²) in [5, 5.41) is 19.6. The number of carbonyl (C=O) groups excluding carboxylic acids is 1. The zero-order valence-electron chi connectivity index (χ0n) is 18.7. The van der Waals surface area contributed by atoms with Crippen molar-refractivity contribution >= 4 is 16.1 Å². The number of aromatic nitrogens is 4. The van der Waals surface area contributed by atoms with Crippen LogP contribution < -0.4 is 5.14 Å². The summed E-state index contributed by atoms with van der Waals surface area (Å²) in [4.78, 5) is 21.5. The van der Waals surface area contributed by atoms with Crippen molar-refractivity contribution < 1.29 is 22.5 Å². The number of ketones is 1. The van der Waals surface area contributed by atoms with Crippen molar-refractivity contribution in [1.82, 2.24) is 19.7 Å². The number of nitrogens with two attached hydrogens (primary N) is 1. The van der Waals surface area contributed by atoms with E-state index >= 15 is 0 Å². The minimum absolute atomic E-state index is 0.00384. The van der Waals surface area contributed by atoms with E-state index in [-0.39, 0.29) is 24.2 Å². The molecule has 0 spiro atoms. The largest absolute Gasteiger partial charge is 0.393 e. The van der Waals surface area contributed by atoms with Gasteiger partial charge in [0.15, 0.2) is 0 Å². The average molecular weight is 486 g/mol. The maximum absolute atomic E-state index is 13.2. The fourth-order valence-corrected chi connectivity index (χ4v) is 4.76. The molecule has 180 valence electrons. The molecule has 0 bridgehead atoms. The van der Waals surface area contributed by atoms with Crippen molar-refractivity contribution in [1.29, 1.82) is 0 Å². The molecule has 1 aliphatic carbocycles. The number of hydrogen-bond donors (Lipinski definition) is 2. The maximum atomic E-state index is 13.2. The van der Waals surface area contributed by atoms with E-state index in [0.717, 1.165) is 11.1 Å². The van der Waals surface area contributed by atoms with E-state index < -0.39 is 16.4 Å². The van der Waals surface area contributed by atoms with Crippen molar-refractivity contribution in [3.63, 3.8) is 0 Å². The van der Waals surface area contributed by atoms with Gasteiger partial charge in [-0.25, -0.2) is 15.1 Å². The molecule has 1 aliphatic rings. The monoisotopic (exact) mass is 485 g/mol. The smallest absolute Gasteiger partial charge is 0.333 e. The Labute approximate surface area is 198 Å². The lowest BCUT2D eigenvalue weighted by molar-refractivity contribution is 0.100. The number of aliphatic hydroxyl groups excluding tert-OH is 1. The highest BCUT2D eigenvalue weighted by Crippen LogP contribution is 2.34. The molecule has 0 radical (unpaired) electrons. The third-order valence-corrected chi connectivity index (χ3v) is 6.65. The maximum Gasteiger partial charge on any atom is 0.333 e. The molecular weight excluding hydrogens is 458 g/mol. The molecular formula is C23H27N5O5S. The lowest BCUT2D eigenvalue weighted by atomic mass is 9.96. The zero-order chi connectivity index (χ0) is 24.3. The second-order valence-corrected chi connectivity index (χ2v) is 9.90. The topological polar surface area (TPSA) is 150 Å². The van der Waals surface area contributed by atoms with E-state index in [1.165, 1.54) is 12.5 Å². The fourth-order valence-electron chi connectivity index (χ4n) is 4.40. The van der Waals surface area contributed by atoms with Crippen LogP contribution in [-0.2, 0) is 27.5 Å². The number of aliphatic hydroxyl groups is 1. The van der Waals surface area contributed by atoms with Gasteiger partial charge in [-0.15, -0.1) is 0 Å². The van der Waals surface area contributed by atoms with E-state index in [0.29, 0.717) is 42.8 Å². The molecule has 11 heteroatoms. The first-order valence-corrected chi connectivity index (χ1v) is 12.4. The first-order valence-electron chi connectivity index (χ1n) is 11.0. The van der Waals surface area contributed by atoms with E-state index in [4.69, 9.17) is 5.14 Å². The summed E-state index contributed by atoms with van der Waals surface area (Å²) in [5.41, 5.74) is 3.50. The summed E-state index contributed by atoms with van der Waals surface area (Å²) in [6.45, 7) is 2.41. The first-order chi connectivity index (χ1) is 16.2. The number of rotatable bonds is 9. The Hall–Kier alpha value is -2.99. The summed E-state index contributed by atoms with van der Waals surface area (Å²) in [7, 11) is -4.07. The van der Waals surface area contributed by atoms with Crippen LogP contribution in [0.2, 0.25) is 0 Å². The summed E-state index contributed by atoms with van der Waals surface area (Å²) in [6, 6.07) is 9.68. The second-order valence-electron chi connectivity index (χ2n) is 8.68. The Balaban J connectivity index is 1.45. The highest BCUT2D eigenvalue weighted by Gasteiger charge is 2.35. The van der Waals surface area contributed by atoms with Gasteiger partial charge >= 0.3 is 10.3 Å². The number of benzene rings is 1. The van der Waals surface area contributed by atoms with Gasteiger partial charge in [0.2, 0.25) is 5.78 Å². The van der Waals surface area contributed by atoms with E-state index in [1.807, 2.05) is 31.2 Å². The van der Waals surface area contributed by atoms with E-state index in [1.54, 1.807) is 16.9 Å². The molecule has 1 saturated carbocycles. The van der Waals surface area contributed by atoms with Crippen LogP contribution in [0, 0.1) is 18.8 Å². The van der Waals surface area contributed by atoms with Crippen molar-refractivity contribution in [2.75, 3.05) is 6.61 Å². The average Bonchev–Trinajstić information content (AvgIpc) is 3.39. The van der Waals surface area contributed by atoms with Gasteiger partial charge in [-0.3, -0.25) is 13.7 Å². The van der Waals surface area contributed by atoms with Crippen molar-refractivity contribution in [2.45, 2.75) is 38.8 Å². The molecule has 34 heavy (non-hydrogen) atoms. The van der Waals surface area contributed by atoms with Crippen molar-refractivity contribution in [2.24, 2.45) is 17.0 Å². The number of carbonyl (C=O) groups is 1. The van der Waals surface area contributed by atoms with Crippen LogP contribution in [0.1, 0.15) is 45.7 Å². The molecule has 1 fully saturated rings. The Morgan fingerprint density at radius 1 is 1.26 bits per heavy atom. The second kappa shape index (κ2) is 10.1. The minimum atomic E-state index is -4.07. The summed E-state index contributed by atoms with van der Waals surface area (Å²) in [6.07, 6.45) is 5.34. The number of nitrogens with zero attached hydrogens (tertiary/aromatic N) is 4. The molecule has 0 saturated heterocycles. The lowest BCUT2D eigenvalue weighted by Crippen LogP contribution is -2.24. The van der Waals surface area contributed by atoms with Crippen LogP contribution in [-0.4, -0.2) is 51.8 Å². The van der Waals surface area contributed by atoms with Crippen LogP contribution in [0.3, 0.4) is 0 Å². The third-order valence-electron chi connectivity index (χ3n) is 6.19. The van der Waals surface area contributed by atoms with Gasteiger partial charge in [0.05, 0.1) is 30.5 Å². The van der Waals surface area contributed by atoms with Gasteiger partial charge in [0.25, 0.3) is 0 Å². The van der Waals surface area contributed by atoms with E-state index in [2.05, 4.69) is 19.2 Å². The molecule has 0 unspecified atom stereocenters. The third kappa shape index (κ3) is 5.92. The molecule has 1 aromatic carbocycles. The highest BCUT2D eigenvalue weighted by atomic mass is 32.2. The van der Waals surface area contributed by atoms with E-state index in [9.17, 15) is 18.3 Å². The fraction of sp³-hybridized carbons (Fsp3) is 0.391. The van der Waals surface area contributed by atoms with Crippen LogP contribution in [0.5, 0.6) is 0 Å². The van der Waals surface area contributed by atoms with Gasteiger partial charge in [-0.2, -0.15) is 13.5 Å². The highest BCUT2D eigenvalue weighted by molar-refractivity contribution is 7.84. The standard InChI is InChI=1S/C23H27N5O5S/c1-15-4-2-3-5-17(15)12-28-7-6-20(27-28)23(30)19-11-25-14-26-21(19)9-16-8-18(22(29)10-16)13-33-34(24,31)32/h2-7,11,14,16,18,22,29H,8-10,12-13H2,1H3,(H2,24,31,32)/t16-,18+,22-/m0/s1. The van der Waals surface area contributed by atoms with Crippen molar-refractivity contribution in [3.05, 3.63) is 77.1 Å². The normalized spacial score (nSPS) is 20.5. The summed E-state index contributed by atoms with van der Waals surface area (Å²) in [5.74, 6) is -0.627. The number of aryl methyl sites for hydroxylation is 1. The Morgan fingerprint density at radius 2 is 2.06 bits per heavy atom. The molecule has 0 aliphatic heterocycles. The molecule has 3 aromatic rings. The molecule has 3 atom stereocenters. The van der Waals surface area contributed by atoms with Crippen molar-refractivity contribution in [3.8, 4) is 0 Å². The molecule has 2 heterocycles. The van der Waals surface area contributed by atoms with Crippen LogP contribution in [0.25, 0.3) is 0 Å². The molecule has 4 rings (SSSR count). The summed E-state index contributed by atoms with van der Waals surface area (Å²) < 4.78 is 28.5. The van der Waals surface area contributed by atoms with Crippen LogP contribution in [0.4, 0.5) is 0 Å². The van der Waals surface area contributed by atoms with Gasteiger partial charge in [-0.05, 0) is 49.3 Å². The van der Waals surface area contributed by atoms with Gasteiger partial charge in [0.1, 0.15) is 12.0 Å². The van der Waals surface area contributed by atoms with Gasteiger partial charge < -0.3 is 5.11 Å². The summed E-state index contributed by atoms with van der Waals surface area (Å²) >= 11 is 0. The minimum Gasteiger partial charge on any atom is -0.393 e. The predicted molar refractivity (Wildman–Crippen MR) is 123 cm³/mol. The Bertz CT molecular complexity index is 1280. The SMILES string of the molecule is Cc1ccccc1Cn1ccc(C(=O)c2cncnc2C[C@@H]2C[C@H](COS(N)(=O)=O)[C@@H](O)C2)n1. The van der Waals surface area contributed by atoms with Crippen LogP contribution in [0.15, 0.2) is 49.1 Å². The molecule has 10 nitrogen and oxygen atoms in total. The first kappa shape index (κ1) is 24.1. The Kier molecular flexibility index (Phi) is 7.17. The number of hydrogen-bond acceptors (Lipinski definition) is 8. The quantitative estimate of drug-likeness (QED) is 0.432. The molecule has 3 N–H and O–H groups in total. The van der Waals surface area contributed by atoms with Gasteiger partial charge in [-0.1, -0.05) is 24.3 Å². The molecule has 0 amide bonds. The Morgan fingerprint density at radius 3 is 2.82 bits per heavy atom. The zero-order valence-corrected chi connectivity index (χ0v) is 19.6. The predicted octanol–water partition coefficient (Wildman–Crippen LogP) is 1.41. The van der Waals surface area contributed by atoms with Crippen LogP contribution >= 0.6 is 0 Å². The molecule has 2 aromatic heterocycles.